The number of likely N-dealkylation sites (tertiary alicyclic amines) is 1. The Morgan fingerprint density at radius 3 is 2.65 bits per heavy atom. The van der Waals surface area contributed by atoms with Crippen LogP contribution in [0.1, 0.15) is 31.7 Å². The summed E-state index contributed by atoms with van der Waals surface area (Å²) in [6.45, 7) is 5.69. The first-order valence-electron chi connectivity index (χ1n) is 6.46. The molecule has 1 heterocycles. The van der Waals surface area contributed by atoms with E-state index in [1.807, 2.05) is 12.1 Å². The van der Waals surface area contributed by atoms with Crippen molar-refractivity contribution in [1.29, 1.82) is 0 Å². The smallest absolute Gasteiger partial charge is 0.0371 e. The minimum absolute atomic E-state index is 0.900. The minimum atomic E-state index is 0.900. The highest BCUT2D eigenvalue weighted by Gasteiger charge is 2.18. The highest BCUT2D eigenvalue weighted by atomic mass is 79.9. The molecule has 17 heavy (non-hydrogen) atoms. The van der Waals surface area contributed by atoms with E-state index in [0.717, 1.165) is 22.6 Å². The van der Waals surface area contributed by atoms with Gasteiger partial charge in [0.05, 0.1) is 0 Å². The fraction of sp³-hybridized carbons (Fsp3) is 0.571. The lowest BCUT2D eigenvalue weighted by Gasteiger charge is -2.32. The maximum atomic E-state index is 6.04. The Labute approximate surface area is 112 Å². The second-order valence-corrected chi connectivity index (χ2v) is 5.79. The number of nitrogens with zero attached hydrogens (tertiary/aromatic N) is 1. The van der Waals surface area contributed by atoms with Crippen molar-refractivity contribution in [3.8, 4) is 0 Å². The standard InChI is InChI=1S/C14H21BrN2/c1-2-11-6-8-17(9-7-11)10-12-13(15)4-3-5-14(12)16/h3-5,11H,2,6-10,16H2,1H3. The van der Waals surface area contributed by atoms with Crippen molar-refractivity contribution in [2.75, 3.05) is 18.8 Å². The van der Waals surface area contributed by atoms with Crippen LogP contribution in [0.5, 0.6) is 0 Å². The van der Waals surface area contributed by atoms with Gasteiger partial charge in [-0.1, -0.05) is 35.3 Å². The SMILES string of the molecule is CCC1CCN(Cc2c(N)cccc2Br)CC1. The molecule has 0 unspecified atom stereocenters. The molecule has 0 bridgehead atoms. The van der Waals surface area contributed by atoms with Gasteiger partial charge >= 0.3 is 0 Å². The highest BCUT2D eigenvalue weighted by molar-refractivity contribution is 9.10. The third-order valence-electron chi connectivity index (χ3n) is 3.82. The molecule has 2 N–H and O–H groups in total. The van der Waals surface area contributed by atoms with Crippen LogP contribution in [-0.4, -0.2) is 18.0 Å². The fourth-order valence-electron chi connectivity index (χ4n) is 2.52. The Balaban J connectivity index is 1.98. The number of hydrogen-bond donors (Lipinski definition) is 1. The molecule has 0 saturated carbocycles. The van der Waals surface area contributed by atoms with Crippen LogP contribution in [0.3, 0.4) is 0 Å². The fourth-order valence-corrected chi connectivity index (χ4v) is 3.03. The zero-order valence-electron chi connectivity index (χ0n) is 10.5. The number of nitrogens with two attached hydrogens (primary N) is 1. The van der Waals surface area contributed by atoms with Gasteiger partial charge in [-0.3, -0.25) is 4.90 Å². The molecule has 2 rings (SSSR count). The molecule has 0 radical (unpaired) electrons. The zero-order valence-corrected chi connectivity index (χ0v) is 12.0. The van der Waals surface area contributed by atoms with Gasteiger partial charge < -0.3 is 5.73 Å². The molecule has 0 aliphatic carbocycles. The lowest BCUT2D eigenvalue weighted by molar-refractivity contribution is 0.175. The molecule has 2 nitrogen and oxygen atoms in total. The maximum Gasteiger partial charge on any atom is 0.0371 e. The van der Waals surface area contributed by atoms with Crippen molar-refractivity contribution < 1.29 is 0 Å². The van der Waals surface area contributed by atoms with Crippen LogP contribution in [0.15, 0.2) is 22.7 Å². The molecular weight excluding hydrogens is 276 g/mol. The molecule has 3 heteroatoms. The van der Waals surface area contributed by atoms with Crippen molar-refractivity contribution in [2.24, 2.45) is 5.92 Å². The van der Waals surface area contributed by atoms with Crippen LogP contribution in [0.4, 0.5) is 5.69 Å². The first kappa shape index (κ1) is 12.9. The second-order valence-electron chi connectivity index (χ2n) is 4.94. The van der Waals surface area contributed by atoms with Gasteiger partial charge in [0.25, 0.3) is 0 Å². The number of nitrogen functional groups attached to an aromatic ring is 1. The number of rotatable bonds is 3. The van der Waals surface area contributed by atoms with Gasteiger partial charge in [0.2, 0.25) is 0 Å². The highest BCUT2D eigenvalue weighted by Crippen LogP contribution is 2.27. The zero-order chi connectivity index (χ0) is 12.3. The largest absolute Gasteiger partial charge is 0.398 e. The van der Waals surface area contributed by atoms with E-state index in [-0.39, 0.29) is 0 Å². The van der Waals surface area contributed by atoms with Crippen molar-refractivity contribution in [2.45, 2.75) is 32.7 Å². The van der Waals surface area contributed by atoms with E-state index in [2.05, 4.69) is 33.8 Å². The summed E-state index contributed by atoms with van der Waals surface area (Å²) in [7, 11) is 0. The van der Waals surface area contributed by atoms with E-state index < -0.39 is 0 Å². The molecule has 1 fully saturated rings. The minimum Gasteiger partial charge on any atom is -0.398 e. The Bertz CT molecular complexity index is 350. The molecule has 94 valence electrons. The maximum absolute atomic E-state index is 6.04. The molecule has 0 amide bonds. The predicted molar refractivity (Wildman–Crippen MR) is 76.8 cm³/mol. The average molecular weight is 297 g/mol. The summed E-state index contributed by atoms with van der Waals surface area (Å²) in [6, 6.07) is 6.05. The van der Waals surface area contributed by atoms with E-state index in [4.69, 9.17) is 5.73 Å². The summed E-state index contributed by atoms with van der Waals surface area (Å²) < 4.78 is 1.13. The van der Waals surface area contributed by atoms with E-state index in [0.29, 0.717) is 0 Å². The number of hydrogen-bond acceptors (Lipinski definition) is 2. The van der Waals surface area contributed by atoms with Gasteiger partial charge in [-0.05, 0) is 44.0 Å². The van der Waals surface area contributed by atoms with Crippen LogP contribution in [-0.2, 0) is 6.54 Å². The molecule has 1 aromatic carbocycles. The lowest BCUT2D eigenvalue weighted by atomic mass is 9.94. The van der Waals surface area contributed by atoms with Gasteiger partial charge in [-0.25, -0.2) is 0 Å². The Morgan fingerprint density at radius 1 is 1.35 bits per heavy atom. The van der Waals surface area contributed by atoms with Crippen LogP contribution in [0.25, 0.3) is 0 Å². The summed E-state index contributed by atoms with van der Waals surface area (Å²) in [5.41, 5.74) is 8.17. The van der Waals surface area contributed by atoms with Crippen molar-refractivity contribution in [3.05, 3.63) is 28.2 Å². The third-order valence-corrected chi connectivity index (χ3v) is 4.56. The molecule has 1 aliphatic rings. The van der Waals surface area contributed by atoms with Gasteiger partial charge in [0.1, 0.15) is 0 Å². The average Bonchev–Trinajstić information content (AvgIpc) is 2.35. The van der Waals surface area contributed by atoms with Crippen LogP contribution in [0.2, 0.25) is 0 Å². The molecule has 0 atom stereocenters. The number of piperidine rings is 1. The topological polar surface area (TPSA) is 29.3 Å². The van der Waals surface area contributed by atoms with Gasteiger partial charge in [-0.2, -0.15) is 0 Å². The molecule has 0 spiro atoms. The lowest BCUT2D eigenvalue weighted by Crippen LogP contribution is -2.33. The molecule has 1 saturated heterocycles. The van der Waals surface area contributed by atoms with E-state index >= 15 is 0 Å². The first-order chi connectivity index (χ1) is 8.20. The normalized spacial score (nSPS) is 18.5. The van der Waals surface area contributed by atoms with E-state index in [9.17, 15) is 0 Å². The summed E-state index contributed by atoms with van der Waals surface area (Å²) in [5.74, 6) is 0.933. The number of halogens is 1. The number of anilines is 1. The molecule has 1 aliphatic heterocycles. The summed E-state index contributed by atoms with van der Waals surface area (Å²) in [5, 5.41) is 0. The predicted octanol–water partition coefficient (Wildman–Crippen LogP) is 3.65. The first-order valence-corrected chi connectivity index (χ1v) is 7.25. The molecule has 1 aromatic rings. The molecule has 0 aromatic heterocycles. The Morgan fingerprint density at radius 2 is 2.06 bits per heavy atom. The van der Waals surface area contributed by atoms with E-state index in [1.165, 1.54) is 37.9 Å². The van der Waals surface area contributed by atoms with Gasteiger partial charge in [0.15, 0.2) is 0 Å². The van der Waals surface area contributed by atoms with Crippen LogP contribution >= 0.6 is 15.9 Å². The van der Waals surface area contributed by atoms with Crippen molar-refractivity contribution in [3.63, 3.8) is 0 Å². The van der Waals surface area contributed by atoms with Crippen LogP contribution in [0, 0.1) is 5.92 Å². The quantitative estimate of drug-likeness (QED) is 0.863. The van der Waals surface area contributed by atoms with Crippen LogP contribution < -0.4 is 5.73 Å². The monoisotopic (exact) mass is 296 g/mol. The summed E-state index contributed by atoms with van der Waals surface area (Å²) >= 11 is 3.59. The summed E-state index contributed by atoms with van der Waals surface area (Å²) in [6.07, 6.45) is 3.99. The van der Waals surface area contributed by atoms with Gasteiger partial charge in [0, 0.05) is 22.3 Å². The third kappa shape index (κ3) is 3.23. The second kappa shape index (κ2) is 5.87. The number of benzene rings is 1. The van der Waals surface area contributed by atoms with Crippen molar-refractivity contribution >= 4 is 21.6 Å². The van der Waals surface area contributed by atoms with Gasteiger partial charge in [-0.15, -0.1) is 0 Å². The Hall–Kier alpha value is -0.540. The van der Waals surface area contributed by atoms with Crippen molar-refractivity contribution in [1.82, 2.24) is 4.90 Å². The van der Waals surface area contributed by atoms with E-state index in [1.54, 1.807) is 0 Å². The Kier molecular flexibility index (Phi) is 4.46. The summed E-state index contributed by atoms with van der Waals surface area (Å²) in [4.78, 5) is 2.52. The molecular formula is C14H21BrN2.